The van der Waals surface area contributed by atoms with Crippen molar-refractivity contribution in [3.63, 3.8) is 0 Å². The summed E-state index contributed by atoms with van der Waals surface area (Å²) in [7, 11) is 0. The Labute approximate surface area is 124 Å². The number of thioether (sulfide) groups is 1. The van der Waals surface area contributed by atoms with Crippen LogP contribution in [-0.4, -0.2) is 30.4 Å². The van der Waals surface area contributed by atoms with Gasteiger partial charge < -0.3 is 10.1 Å². The lowest BCUT2D eigenvalue weighted by atomic mass is 9.99. The predicted molar refractivity (Wildman–Crippen MR) is 80.5 cm³/mol. The van der Waals surface area contributed by atoms with Crippen LogP contribution in [-0.2, 0) is 9.53 Å². The molecule has 0 heterocycles. The number of halogens is 1. The first-order valence-electron chi connectivity index (χ1n) is 6.82. The Morgan fingerprint density at radius 2 is 2.00 bits per heavy atom. The maximum Gasteiger partial charge on any atom is 0.326 e. The maximum absolute atomic E-state index is 12.8. The minimum atomic E-state index is -0.669. The lowest BCUT2D eigenvalue weighted by Crippen LogP contribution is -2.50. The van der Waals surface area contributed by atoms with Gasteiger partial charge in [0.15, 0.2) is 0 Å². The number of carbonyl (C=O) groups excluding carboxylic acids is 1. The number of hydrogen-bond donors (Lipinski definition) is 1. The van der Waals surface area contributed by atoms with E-state index in [1.165, 1.54) is 12.1 Å². The van der Waals surface area contributed by atoms with Gasteiger partial charge in [0.05, 0.1) is 6.61 Å². The van der Waals surface area contributed by atoms with Crippen LogP contribution in [0.2, 0.25) is 0 Å². The molecule has 0 amide bonds. The zero-order valence-electron chi connectivity index (χ0n) is 12.2. The molecule has 1 aromatic rings. The fourth-order valence-corrected chi connectivity index (χ4v) is 2.92. The van der Waals surface area contributed by atoms with Crippen molar-refractivity contribution in [3.05, 3.63) is 30.1 Å². The molecule has 3 nitrogen and oxygen atoms in total. The van der Waals surface area contributed by atoms with Crippen molar-refractivity contribution in [2.75, 3.05) is 18.9 Å². The van der Waals surface area contributed by atoms with E-state index in [2.05, 4.69) is 5.32 Å². The first-order valence-corrected chi connectivity index (χ1v) is 7.81. The molecule has 1 atom stereocenters. The van der Waals surface area contributed by atoms with Crippen molar-refractivity contribution < 1.29 is 13.9 Å². The first-order chi connectivity index (χ1) is 9.51. The Bertz CT molecular complexity index is 424. The molecule has 0 radical (unpaired) electrons. The molecule has 1 aromatic carbocycles. The average Bonchev–Trinajstić information content (AvgIpc) is 2.41. The minimum absolute atomic E-state index is 0.221. The molecular weight excluding hydrogens is 277 g/mol. The molecule has 0 bridgehead atoms. The quantitative estimate of drug-likeness (QED) is 0.591. The molecule has 0 aliphatic rings. The molecule has 0 aliphatic heterocycles. The molecule has 0 spiro atoms. The van der Waals surface area contributed by atoms with Gasteiger partial charge in [-0.1, -0.05) is 6.92 Å². The smallest absolute Gasteiger partial charge is 0.326 e. The van der Waals surface area contributed by atoms with Crippen molar-refractivity contribution in [2.24, 2.45) is 0 Å². The molecule has 1 rings (SSSR count). The van der Waals surface area contributed by atoms with Gasteiger partial charge in [0, 0.05) is 10.6 Å². The van der Waals surface area contributed by atoms with Crippen molar-refractivity contribution in [1.82, 2.24) is 5.32 Å². The fraction of sp³-hybridized carbons (Fsp3) is 0.533. The van der Waals surface area contributed by atoms with E-state index in [4.69, 9.17) is 4.74 Å². The fourth-order valence-electron chi connectivity index (χ4n) is 1.85. The van der Waals surface area contributed by atoms with Crippen LogP contribution in [0, 0.1) is 5.82 Å². The van der Waals surface area contributed by atoms with Crippen molar-refractivity contribution in [3.8, 4) is 0 Å². The van der Waals surface area contributed by atoms with Crippen LogP contribution in [0.5, 0.6) is 0 Å². The topological polar surface area (TPSA) is 38.3 Å². The van der Waals surface area contributed by atoms with E-state index in [0.717, 1.165) is 10.6 Å². The second-order valence-electron chi connectivity index (χ2n) is 4.64. The Kier molecular flexibility index (Phi) is 7.02. The molecule has 0 saturated carbocycles. The van der Waals surface area contributed by atoms with E-state index >= 15 is 0 Å². The van der Waals surface area contributed by atoms with Gasteiger partial charge in [-0.2, -0.15) is 0 Å². The number of hydrogen-bond acceptors (Lipinski definition) is 4. The van der Waals surface area contributed by atoms with Gasteiger partial charge in [0.25, 0.3) is 0 Å². The van der Waals surface area contributed by atoms with E-state index in [9.17, 15) is 9.18 Å². The number of carbonyl (C=O) groups is 1. The lowest BCUT2D eigenvalue weighted by molar-refractivity contribution is -0.150. The van der Waals surface area contributed by atoms with Crippen LogP contribution in [0.25, 0.3) is 0 Å². The van der Waals surface area contributed by atoms with Crippen LogP contribution in [0.4, 0.5) is 4.39 Å². The summed E-state index contributed by atoms with van der Waals surface area (Å²) in [5, 5.41) is 3.19. The minimum Gasteiger partial charge on any atom is -0.465 e. The zero-order valence-corrected chi connectivity index (χ0v) is 13.1. The van der Waals surface area contributed by atoms with E-state index in [1.807, 2.05) is 13.8 Å². The number of rotatable bonds is 8. The van der Waals surface area contributed by atoms with Crippen molar-refractivity contribution in [2.45, 2.75) is 37.6 Å². The molecule has 1 unspecified atom stereocenters. The molecule has 0 saturated heterocycles. The van der Waals surface area contributed by atoms with Gasteiger partial charge in [-0.25, -0.2) is 4.39 Å². The number of esters is 1. The number of likely N-dealkylation sites (N-methyl/N-ethyl adjacent to an activating group) is 1. The summed E-state index contributed by atoms with van der Waals surface area (Å²) in [6, 6.07) is 6.37. The highest BCUT2D eigenvalue weighted by Gasteiger charge is 2.33. The number of benzene rings is 1. The Morgan fingerprint density at radius 3 is 2.55 bits per heavy atom. The van der Waals surface area contributed by atoms with Gasteiger partial charge in [-0.05, 0) is 51.1 Å². The van der Waals surface area contributed by atoms with E-state index in [1.54, 1.807) is 30.8 Å². The van der Waals surface area contributed by atoms with E-state index < -0.39 is 5.54 Å². The number of nitrogens with one attached hydrogen (secondary N) is 1. The van der Waals surface area contributed by atoms with Gasteiger partial charge >= 0.3 is 5.97 Å². The summed E-state index contributed by atoms with van der Waals surface area (Å²) in [4.78, 5) is 13.0. The molecule has 1 N–H and O–H groups in total. The third kappa shape index (κ3) is 5.13. The van der Waals surface area contributed by atoms with Crippen LogP contribution in [0.3, 0.4) is 0 Å². The third-order valence-electron chi connectivity index (χ3n) is 2.98. The number of ether oxygens (including phenoxy) is 1. The standard InChI is InChI=1S/C15H22FNO2S/c1-4-17-15(3,14(18)19-5-2)10-11-20-13-8-6-12(16)7-9-13/h6-9,17H,4-5,10-11H2,1-3H3. The summed E-state index contributed by atoms with van der Waals surface area (Å²) in [6.07, 6.45) is 0.654. The molecule has 0 aliphatic carbocycles. The highest BCUT2D eigenvalue weighted by atomic mass is 32.2. The van der Waals surface area contributed by atoms with Gasteiger partial charge in [-0.15, -0.1) is 11.8 Å². The van der Waals surface area contributed by atoms with Crippen LogP contribution < -0.4 is 5.32 Å². The molecule has 0 aromatic heterocycles. The summed E-state index contributed by atoms with van der Waals surface area (Å²) in [5.74, 6) is 0.299. The van der Waals surface area contributed by atoms with Gasteiger partial charge in [-0.3, -0.25) is 4.79 Å². The lowest BCUT2D eigenvalue weighted by Gasteiger charge is -2.27. The third-order valence-corrected chi connectivity index (χ3v) is 3.99. The highest BCUT2D eigenvalue weighted by Crippen LogP contribution is 2.23. The summed E-state index contributed by atoms with van der Waals surface area (Å²) in [6.45, 7) is 6.71. The molecule has 112 valence electrons. The first kappa shape index (κ1) is 17.0. The summed E-state index contributed by atoms with van der Waals surface area (Å²) < 4.78 is 17.9. The van der Waals surface area contributed by atoms with Crippen LogP contribution >= 0.6 is 11.8 Å². The summed E-state index contributed by atoms with van der Waals surface area (Å²) >= 11 is 1.60. The largest absolute Gasteiger partial charge is 0.465 e. The Hall–Kier alpha value is -1.07. The molecule has 0 fully saturated rings. The van der Waals surface area contributed by atoms with Crippen molar-refractivity contribution in [1.29, 1.82) is 0 Å². The van der Waals surface area contributed by atoms with E-state index in [-0.39, 0.29) is 11.8 Å². The SMILES string of the molecule is CCNC(C)(CCSc1ccc(F)cc1)C(=O)OCC. The summed E-state index contributed by atoms with van der Waals surface area (Å²) in [5.41, 5.74) is -0.669. The molecule has 20 heavy (non-hydrogen) atoms. The molecule has 5 heteroatoms. The van der Waals surface area contributed by atoms with Crippen LogP contribution in [0.15, 0.2) is 29.2 Å². The zero-order chi connectivity index (χ0) is 15.0. The highest BCUT2D eigenvalue weighted by molar-refractivity contribution is 7.99. The monoisotopic (exact) mass is 299 g/mol. The normalized spacial score (nSPS) is 13.8. The van der Waals surface area contributed by atoms with Crippen molar-refractivity contribution >= 4 is 17.7 Å². The van der Waals surface area contributed by atoms with Gasteiger partial charge in [0.2, 0.25) is 0 Å². The Morgan fingerprint density at radius 1 is 1.35 bits per heavy atom. The Balaban J connectivity index is 2.54. The predicted octanol–water partition coefficient (Wildman–Crippen LogP) is 3.24. The second-order valence-corrected chi connectivity index (χ2v) is 5.80. The molecular formula is C15H22FNO2S. The maximum atomic E-state index is 12.8. The van der Waals surface area contributed by atoms with Crippen LogP contribution in [0.1, 0.15) is 27.2 Å². The van der Waals surface area contributed by atoms with Gasteiger partial charge in [0.1, 0.15) is 11.4 Å². The average molecular weight is 299 g/mol. The van der Waals surface area contributed by atoms with E-state index in [0.29, 0.717) is 19.6 Å². The second kappa shape index (κ2) is 8.27.